The van der Waals surface area contributed by atoms with Gasteiger partial charge in [0, 0.05) is 30.3 Å². The molecular weight excluding hydrogens is 274 g/mol. The van der Waals surface area contributed by atoms with E-state index in [9.17, 15) is 4.79 Å². The number of carbonyl (C=O) groups is 1. The third-order valence-corrected chi connectivity index (χ3v) is 4.85. The van der Waals surface area contributed by atoms with Crippen LogP contribution in [0.25, 0.3) is 10.2 Å². The van der Waals surface area contributed by atoms with E-state index >= 15 is 0 Å². The number of hydrogen-bond acceptors (Lipinski definition) is 5. The van der Waals surface area contributed by atoms with Crippen LogP contribution in [0.3, 0.4) is 0 Å². The average molecular weight is 291 g/mol. The zero-order valence-corrected chi connectivity index (χ0v) is 12.1. The number of anilines is 1. The molecule has 0 spiro atoms. The monoisotopic (exact) mass is 291 g/mol. The fourth-order valence-electron chi connectivity index (χ4n) is 2.40. The highest BCUT2D eigenvalue weighted by molar-refractivity contribution is 7.21. The van der Waals surface area contributed by atoms with E-state index in [1.807, 2.05) is 12.1 Å². The van der Waals surface area contributed by atoms with Crippen LogP contribution in [0.15, 0.2) is 18.3 Å². The first-order valence-corrected chi connectivity index (χ1v) is 7.44. The molecule has 106 valence electrons. The van der Waals surface area contributed by atoms with Gasteiger partial charge in [-0.3, -0.25) is 4.79 Å². The fraction of sp³-hybridized carbons (Fsp3) is 0.429. The zero-order chi connectivity index (χ0) is 14.2. The number of pyridine rings is 1. The smallest absolute Gasteiger partial charge is 0.263 e. The number of nitrogens with one attached hydrogen (secondary N) is 1. The molecule has 6 heteroatoms. The van der Waals surface area contributed by atoms with Crippen molar-refractivity contribution in [1.82, 2.24) is 10.3 Å². The summed E-state index contributed by atoms with van der Waals surface area (Å²) in [7, 11) is 0. The van der Waals surface area contributed by atoms with E-state index < -0.39 is 0 Å². The lowest BCUT2D eigenvalue weighted by Crippen LogP contribution is -2.49. The summed E-state index contributed by atoms with van der Waals surface area (Å²) in [6.45, 7) is 3.41. The highest BCUT2D eigenvalue weighted by atomic mass is 32.1. The number of thiophene rings is 1. The summed E-state index contributed by atoms with van der Waals surface area (Å²) in [6, 6.07) is 3.72. The van der Waals surface area contributed by atoms with E-state index in [1.165, 1.54) is 11.3 Å². The summed E-state index contributed by atoms with van der Waals surface area (Å²) < 4.78 is 5.34. The first-order valence-electron chi connectivity index (χ1n) is 6.62. The Morgan fingerprint density at radius 1 is 1.50 bits per heavy atom. The Morgan fingerprint density at radius 2 is 2.25 bits per heavy atom. The topological polar surface area (TPSA) is 77.2 Å². The van der Waals surface area contributed by atoms with Crippen LogP contribution in [-0.4, -0.2) is 29.6 Å². The lowest BCUT2D eigenvalue weighted by molar-refractivity contribution is 0.0424. The predicted molar refractivity (Wildman–Crippen MR) is 80.0 cm³/mol. The number of aromatic nitrogens is 1. The van der Waals surface area contributed by atoms with Gasteiger partial charge in [-0.15, -0.1) is 11.3 Å². The van der Waals surface area contributed by atoms with Crippen LogP contribution < -0.4 is 11.1 Å². The molecule has 2 aromatic heterocycles. The number of amides is 1. The minimum absolute atomic E-state index is 0.116. The van der Waals surface area contributed by atoms with Gasteiger partial charge in [-0.25, -0.2) is 4.98 Å². The van der Waals surface area contributed by atoms with Crippen molar-refractivity contribution >= 4 is 33.1 Å². The van der Waals surface area contributed by atoms with E-state index in [0.717, 1.165) is 23.1 Å². The molecule has 0 unspecified atom stereocenters. The number of ether oxygens (including phenoxy) is 1. The maximum absolute atomic E-state index is 12.5. The molecule has 0 saturated carbocycles. The molecule has 20 heavy (non-hydrogen) atoms. The molecule has 0 aromatic carbocycles. The Morgan fingerprint density at radius 3 is 2.95 bits per heavy atom. The van der Waals surface area contributed by atoms with E-state index in [0.29, 0.717) is 23.8 Å². The Bertz CT molecular complexity index is 647. The highest BCUT2D eigenvalue weighted by Gasteiger charge is 2.30. The number of nitrogens with two attached hydrogens (primary N) is 1. The van der Waals surface area contributed by atoms with Crippen molar-refractivity contribution < 1.29 is 9.53 Å². The number of nitrogens with zero attached hydrogens (tertiary/aromatic N) is 1. The molecule has 0 bridgehead atoms. The minimum atomic E-state index is -0.217. The van der Waals surface area contributed by atoms with E-state index in [-0.39, 0.29) is 11.4 Å². The molecule has 5 nitrogen and oxygen atoms in total. The molecule has 1 fully saturated rings. The van der Waals surface area contributed by atoms with Gasteiger partial charge in [0.15, 0.2) is 0 Å². The Labute approximate surface area is 121 Å². The van der Waals surface area contributed by atoms with Gasteiger partial charge in [-0.2, -0.15) is 0 Å². The second kappa shape index (κ2) is 5.03. The summed E-state index contributed by atoms with van der Waals surface area (Å²) in [6.07, 6.45) is 3.35. The van der Waals surface area contributed by atoms with Crippen LogP contribution >= 0.6 is 11.3 Å². The third kappa shape index (κ3) is 2.36. The predicted octanol–water partition coefficient (Wildman–Crippen LogP) is 2.18. The molecule has 3 N–H and O–H groups in total. The number of nitrogen functional groups attached to an aromatic ring is 1. The van der Waals surface area contributed by atoms with Gasteiger partial charge in [0.1, 0.15) is 9.71 Å². The normalized spacial score (nSPS) is 18.1. The van der Waals surface area contributed by atoms with Crippen molar-refractivity contribution in [2.45, 2.75) is 25.3 Å². The SMILES string of the molecule is CC1(NC(=O)c2sc3ncccc3c2N)CCOCC1. The molecule has 3 heterocycles. The molecule has 1 amide bonds. The van der Waals surface area contributed by atoms with Crippen LogP contribution in [0.2, 0.25) is 0 Å². The summed E-state index contributed by atoms with van der Waals surface area (Å²) in [5, 5.41) is 3.94. The lowest BCUT2D eigenvalue weighted by atomic mass is 9.92. The first kappa shape index (κ1) is 13.3. The molecule has 1 aliphatic rings. The first-order chi connectivity index (χ1) is 9.59. The van der Waals surface area contributed by atoms with Gasteiger partial charge in [-0.1, -0.05) is 0 Å². The van der Waals surface area contributed by atoms with Crippen LogP contribution in [0.4, 0.5) is 5.69 Å². The van der Waals surface area contributed by atoms with Gasteiger partial charge < -0.3 is 15.8 Å². The summed E-state index contributed by atoms with van der Waals surface area (Å²) in [5.74, 6) is -0.116. The van der Waals surface area contributed by atoms with Crippen LogP contribution in [0, 0.1) is 0 Å². The number of fused-ring (bicyclic) bond motifs is 1. The van der Waals surface area contributed by atoms with Crippen molar-refractivity contribution in [2.24, 2.45) is 0 Å². The summed E-state index contributed by atoms with van der Waals surface area (Å²) >= 11 is 1.34. The largest absolute Gasteiger partial charge is 0.397 e. The summed E-state index contributed by atoms with van der Waals surface area (Å²) in [4.78, 5) is 18.1. The standard InChI is InChI=1S/C14H17N3O2S/c1-14(4-7-19-8-5-14)17-12(18)11-10(15)9-3-2-6-16-13(9)20-11/h2-3,6H,4-5,7-8,15H2,1H3,(H,17,18). The Balaban J connectivity index is 1.87. The lowest BCUT2D eigenvalue weighted by Gasteiger charge is -2.34. The quantitative estimate of drug-likeness (QED) is 0.889. The molecule has 3 rings (SSSR count). The molecular formula is C14H17N3O2S. The van der Waals surface area contributed by atoms with Crippen LogP contribution in [0.5, 0.6) is 0 Å². The molecule has 0 atom stereocenters. The number of carbonyl (C=O) groups excluding carboxylic acids is 1. The van der Waals surface area contributed by atoms with Crippen LogP contribution in [0.1, 0.15) is 29.4 Å². The molecule has 1 aliphatic heterocycles. The maximum atomic E-state index is 12.5. The highest BCUT2D eigenvalue weighted by Crippen LogP contribution is 2.32. The molecule has 0 aliphatic carbocycles. The van der Waals surface area contributed by atoms with E-state index in [1.54, 1.807) is 6.20 Å². The number of rotatable bonds is 2. The van der Waals surface area contributed by atoms with Crippen molar-refractivity contribution in [2.75, 3.05) is 18.9 Å². The van der Waals surface area contributed by atoms with Crippen molar-refractivity contribution in [3.8, 4) is 0 Å². The molecule has 1 saturated heterocycles. The van der Waals surface area contributed by atoms with Gasteiger partial charge >= 0.3 is 0 Å². The third-order valence-electron chi connectivity index (χ3n) is 3.72. The summed E-state index contributed by atoms with van der Waals surface area (Å²) in [5.41, 5.74) is 6.38. The maximum Gasteiger partial charge on any atom is 0.263 e. The molecule has 0 radical (unpaired) electrons. The van der Waals surface area contributed by atoms with E-state index in [4.69, 9.17) is 10.5 Å². The van der Waals surface area contributed by atoms with Gasteiger partial charge in [0.2, 0.25) is 0 Å². The van der Waals surface area contributed by atoms with Crippen LogP contribution in [-0.2, 0) is 4.74 Å². The fourth-order valence-corrected chi connectivity index (χ4v) is 3.36. The van der Waals surface area contributed by atoms with Crippen molar-refractivity contribution in [3.63, 3.8) is 0 Å². The van der Waals surface area contributed by atoms with Crippen molar-refractivity contribution in [1.29, 1.82) is 0 Å². The number of hydrogen-bond donors (Lipinski definition) is 2. The molecule has 2 aromatic rings. The van der Waals surface area contributed by atoms with Gasteiger partial charge in [0.25, 0.3) is 5.91 Å². The average Bonchev–Trinajstić information content (AvgIpc) is 2.77. The minimum Gasteiger partial charge on any atom is -0.397 e. The van der Waals surface area contributed by atoms with Gasteiger partial charge in [-0.05, 0) is 31.9 Å². The van der Waals surface area contributed by atoms with Crippen molar-refractivity contribution in [3.05, 3.63) is 23.2 Å². The Kier molecular flexibility index (Phi) is 3.35. The zero-order valence-electron chi connectivity index (χ0n) is 11.3. The second-order valence-corrected chi connectivity index (χ2v) is 6.33. The van der Waals surface area contributed by atoms with Gasteiger partial charge in [0.05, 0.1) is 5.69 Å². The van der Waals surface area contributed by atoms with E-state index in [2.05, 4.69) is 17.2 Å². The Hall–Kier alpha value is -1.66. The second-order valence-electron chi connectivity index (χ2n) is 5.33.